The molecular weight excluding hydrogens is 110 g/mol. The normalized spacial score (nSPS) is 11.3. The van der Waals surface area contributed by atoms with Gasteiger partial charge in [0.05, 0.1) is 0 Å². The Bertz CT molecular complexity index is 132. The van der Waals surface area contributed by atoms with Gasteiger partial charge in [-0.25, -0.2) is 0 Å². The fourth-order valence-corrected chi connectivity index (χ4v) is 0.326. The van der Waals surface area contributed by atoms with Gasteiger partial charge in [0.1, 0.15) is 0 Å². The number of nitrogens with zero attached hydrogens (tertiary/aromatic N) is 1. The van der Waals surface area contributed by atoms with E-state index in [1.165, 1.54) is 0 Å². The van der Waals surface area contributed by atoms with Crippen LogP contribution in [0.25, 0.3) is 0 Å². The van der Waals surface area contributed by atoms with Crippen molar-refractivity contribution in [1.82, 2.24) is 0 Å². The summed E-state index contributed by atoms with van der Waals surface area (Å²) < 4.78 is 0. The maximum atomic E-state index is 3.96. The zero-order chi connectivity index (χ0) is 7.11. The smallest absolute Gasteiger partial charge is 0.0293 e. The molecule has 0 rings (SSSR count). The van der Waals surface area contributed by atoms with Crippen LogP contribution in [-0.2, 0) is 0 Å². The quantitative estimate of drug-likeness (QED) is 0.511. The fraction of sp³-hybridized carbons (Fsp3) is 0.375. The summed E-state index contributed by atoms with van der Waals surface area (Å²) in [7, 11) is 0. The van der Waals surface area contributed by atoms with E-state index in [2.05, 4.69) is 18.5 Å². The summed E-state index contributed by atoms with van der Waals surface area (Å²) in [5.74, 6) is 0. The number of hydrogen-bond donors (Lipinski definition) is 0. The molecule has 0 aromatic heterocycles. The first kappa shape index (κ1) is 8.15. The molecule has 0 aliphatic carbocycles. The van der Waals surface area contributed by atoms with Gasteiger partial charge in [-0.3, -0.25) is 4.99 Å². The predicted octanol–water partition coefficient (Wildman–Crippen LogP) is 2.56. The molecule has 1 nitrogen and oxygen atoms in total. The number of hydrogen-bond acceptors (Lipinski definition) is 1. The summed E-state index contributed by atoms with van der Waals surface area (Å²) in [5, 5.41) is 0. The van der Waals surface area contributed by atoms with Gasteiger partial charge in [0.2, 0.25) is 0 Å². The molecule has 0 heterocycles. The van der Waals surface area contributed by atoms with Crippen molar-refractivity contribution in [1.29, 1.82) is 0 Å². The highest BCUT2D eigenvalue weighted by Gasteiger charge is 1.77. The van der Waals surface area contributed by atoms with Crippen LogP contribution in [0.5, 0.6) is 0 Å². The highest BCUT2D eigenvalue weighted by Crippen LogP contribution is 1.90. The van der Waals surface area contributed by atoms with Gasteiger partial charge in [0, 0.05) is 12.4 Å². The van der Waals surface area contributed by atoms with Gasteiger partial charge < -0.3 is 0 Å². The lowest BCUT2D eigenvalue weighted by Gasteiger charge is -1.86. The van der Waals surface area contributed by atoms with Gasteiger partial charge in [-0.05, 0) is 18.9 Å². The molecule has 0 aliphatic heterocycles. The summed E-state index contributed by atoms with van der Waals surface area (Å²) in [6.45, 7) is 7.76. The molecular formula is C8H13N. The number of aliphatic imine (C=N–C) groups is 1. The minimum atomic E-state index is 0.973. The standard InChI is InChI=1S/C8H13N/c1-4-6-9-7-8(3)5-2/h4,6-7H,3,5H2,1-2H3/b6-4-,9-7?. The zero-order valence-corrected chi connectivity index (χ0v) is 6.09. The molecule has 0 saturated heterocycles. The molecule has 0 aromatic rings. The minimum Gasteiger partial charge on any atom is -0.265 e. The van der Waals surface area contributed by atoms with Crippen LogP contribution in [0.1, 0.15) is 20.3 Å². The van der Waals surface area contributed by atoms with E-state index >= 15 is 0 Å². The Hall–Kier alpha value is -0.850. The largest absolute Gasteiger partial charge is 0.265 e. The third-order valence-electron chi connectivity index (χ3n) is 0.946. The molecule has 0 saturated carbocycles. The Kier molecular flexibility index (Phi) is 4.79. The average Bonchev–Trinajstić information content (AvgIpc) is 1.89. The van der Waals surface area contributed by atoms with E-state index in [0.717, 1.165) is 12.0 Å². The zero-order valence-electron chi connectivity index (χ0n) is 6.09. The fourth-order valence-electron chi connectivity index (χ4n) is 0.326. The van der Waals surface area contributed by atoms with Crippen molar-refractivity contribution in [2.45, 2.75) is 20.3 Å². The summed E-state index contributed by atoms with van der Waals surface area (Å²) in [6.07, 6.45) is 6.39. The minimum absolute atomic E-state index is 0.973. The maximum absolute atomic E-state index is 3.96. The van der Waals surface area contributed by atoms with Crippen LogP contribution in [0, 0.1) is 0 Å². The molecule has 0 unspecified atom stereocenters. The van der Waals surface area contributed by atoms with Crippen molar-refractivity contribution in [2.24, 2.45) is 4.99 Å². The SMILES string of the molecule is C=C(C=N/C=C\C)CC. The second-order valence-corrected chi connectivity index (χ2v) is 1.77. The van der Waals surface area contributed by atoms with Gasteiger partial charge in [-0.1, -0.05) is 19.6 Å². The molecule has 0 bridgehead atoms. The van der Waals surface area contributed by atoms with Crippen LogP contribution in [0.3, 0.4) is 0 Å². The Balaban J connectivity index is 3.57. The Labute approximate surface area is 56.8 Å². The molecule has 0 spiro atoms. The summed E-state index contributed by atoms with van der Waals surface area (Å²) in [4.78, 5) is 3.96. The Morgan fingerprint density at radius 2 is 2.33 bits per heavy atom. The van der Waals surface area contributed by atoms with E-state index in [1.54, 1.807) is 12.4 Å². The third-order valence-corrected chi connectivity index (χ3v) is 0.946. The van der Waals surface area contributed by atoms with E-state index < -0.39 is 0 Å². The first-order chi connectivity index (χ1) is 4.31. The number of rotatable bonds is 3. The first-order valence-corrected chi connectivity index (χ1v) is 3.13. The maximum Gasteiger partial charge on any atom is 0.0293 e. The number of allylic oxidation sites excluding steroid dienone is 2. The van der Waals surface area contributed by atoms with Crippen LogP contribution in [0.2, 0.25) is 0 Å². The van der Waals surface area contributed by atoms with Crippen molar-refractivity contribution in [3.05, 3.63) is 24.4 Å². The van der Waals surface area contributed by atoms with Crippen LogP contribution in [0.4, 0.5) is 0 Å². The third kappa shape index (κ3) is 5.01. The summed E-state index contributed by atoms with van der Waals surface area (Å²) >= 11 is 0. The lowest BCUT2D eigenvalue weighted by Crippen LogP contribution is -1.75. The Morgan fingerprint density at radius 3 is 2.78 bits per heavy atom. The van der Waals surface area contributed by atoms with Crippen molar-refractivity contribution >= 4 is 6.21 Å². The Morgan fingerprint density at radius 1 is 1.67 bits per heavy atom. The molecule has 9 heavy (non-hydrogen) atoms. The molecule has 50 valence electrons. The molecule has 0 radical (unpaired) electrons. The van der Waals surface area contributed by atoms with Crippen molar-refractivity contribution in [3.63, 3.8) is 0 Å². The van der Waals surface area contributed by atoms with Gasteiger partial charge in [0.25, 0.3) is 0 Å². The van der Waals surface area contributed by atoms with E-state index in [0.29, 0.717) is 0 Å². The lowest BCUT2D eigenvalue weighted by molar-refractivity contribution is 1.19. The van der Waals surface area contributed by atoms with E-state index in [1.807, 2.05) is 13.0 Å². The summed E-state index contributed by atoms with van der Waals surface area (Å²) in [5.41, 5.74) is 1.06. The molecule has 0 fully saturated rings. The average molecular weight is 123 g/mol. The van der Waals surface area contributed by atoms with E-state index in [9.17, 15) is 0 Å². The van der Waals surface area contributed by atoms with Crippen LogP contribution in [0.15, 0.2) is 29.4 Å². The molecule has 0 aliphatic rings. The van der Waals surface area contributed by atoms with Crippen LogP contribution >= 0.6 is 0 Å². The highest BCUT2D eigenvalue weighted by atomic mass is 14.7. The predicted molar refractivity (Wildman–Crippen MR) is 42.7 cm³/mol. The van der Waals surface area contributed by atoms with Gasteiger partial charge in [-0.2, -0.15) is 0 Å². The van der Waals surface area contributed by atoms with E-state index in [-0.39, 0.29) is 0 Å². The van der Waals surface area contributed by atoms with Gasteiger partial charge in [0.15, 0.2) is 0 Å². The van der Waals surface area contributed by atoms with Gasteiger partial charge >= 0.3 is 0 Å². The van der Waals surface area contributed by atoms with Crippen molar-refractivity contribution in [3.8, 4) is 0 Å². The van der Waals surface area contributed by atoms with Gasteiger partial charge in [-0.15, -0.1) is 0 Å². The van der Waals surface area contributed by atoms with Crippen molar-refractivity contribution in [2.75, 3.05) is 0 Å². The summed E-state index contributed by atoms with van der Waals surface area (Å²) in [6, 6.07) is 0. The molecule has 0 aromatic carbocycles. The highest BCUT2D eigenvalue weighted by molar-refractivity contribution is 5.77. The second kappa shape index (κ2) is 5.29. The molecule has 0 atom stereocenters. The van der Waals surface area contributed by atoms with Crippen molar-refractivity contribution < 1.29 is 0 Å². The lowest BCUT2D eigenvalue weighted by atomic mass is 10.3. The van der Waals surface area contributed by atoms with E-state index in [4.69, 9.17) is 0 Å². The molecule has 0 amide bonds. The first-order valence-electron chi connectivity index (χ1n) is 3.13. The van der Waals surface area contributed by atoms with Crippen LogP contribution in [-0.4, -0.2) is 6.21 Å². The van der Waals surface area contributed by atoms with Crippen LogP contribution < -0.4 is 0 Å². The molecule has 0 N–H and O–H groups in total. The second-order valence-electron chi connectivity index (χ2n) is 1.77. The monoisotopic (exact) mass is 123 g/mol. The topological polar surface area (TPSA) is 12.4 Å². The molecule has 1 heteroatoms.